The Hall–Kier alpha value is -3.61. The van der Waals surface area contributed by atoms with Gasteiger partial charge in [0.25, 0.3) is 0 Å². The lowest BCUT2D eigenvalue weighted by Crippen LogP contribution is -2.36. The van der Waals surface area contributed by atoms with Crippen LogP contribution in [0.15, 0.2) is 42.9 Å². The van der Waals surface area contributed by atoms with Gasteiger partial charge in [0.05, 0.1) is 42.3 Å². The Kier molecular flexibility index (Phi) is 5.56. The molecule has 0 aliphatic carbocycles. The van der Waals surface area contributed by atoms with E-state index in [9.17, 15) is 5.26 Å². The first-order valence-corrected chi connectivity index (χ1v) is 9.15. The molecule has 3 heterocycles. The Morgan fingerprint density at radius 1 is 1.14 bits per heavy atom. The summed E-state index contributed by atoms with van der Waals surface area (Å²) in [6.45, 7) is 3.26. The monoisotopic (exact) mass is 389 g/mol. The Morgan fingerprint density at radius 3 is 2.66 bits per heavy atom. The van der Waals surface area contributed by atoms with Crippen LogP contribution in [-0.2, 0) is 11.3 Å². The number of ether oxygens (including phenoxy) is 2. The SMILES string of the molecule is N#Cc1ccc(-c2ncc(CN)cn2)c(Oc2cc(N3CCOCC3)cnn2)c1. The summed E-state index contributed by atoms with van der Waals surface area (Å²) in [7, 11) is 0. The third-order valence-corrected chi connectivity index (χ3v) is 4.50. The quantitative estimate of drug-likeness (QED) is 0.696. The maximum absolute atomic E-state index is 9.28. The number of nitriles is 1. The van der Waals surface area contributed by atoms with E-state index in [1.165, 1.54) is 0 Å². The smallest absolute Gasteiger partial charge is 0.240 e. The molecule has 0 bridgehead atoms. The zero-order valence-corrected chi connectivity index (χ0v) is 15.7. The van der Waals surface area contributed by atoms with Crippen molar-refractivity contribution in [2.24, 2.45) is 5.73 Å². The van der Waals surface area contributed by atoms with Gasteiger partial charge in [-0.15, -0.1) is 5.10 Å². The molecular weight excluding hydrogens is 370 g/mol. The largest absolute Gasteiger partial charge is 0.437 e. The predicted octanol–water partition coefficient (Wildman–Crippen LogP) is 1.89. The highest BCUT2D eigenvalue weighted by Crippen LogP contribution is 2.32. The molecule has 3 aromatic rings. The van der Waals surface area contributed by atoms with Crippen LogP contribution < -0.4 is 15.4 Å². The van der Waals surface area contributed by atoms with Crippen LogP contribution in [0.1, 0.15) is 11.1 Å². The van der Waals surface area contributed by atoms with Gasteiger partial charge in [0.1, 0.15) is 5.75 Å². The molecule has 0 radical (unpaired) electrons. The van der Waals surface area contributed by atoms with Crippen molar-refractivity contribution in [1.29, 1.82) is 5.26 Å². The summed E-state index contributed by atoms with van der Waals surface area (Å²) in [5, 5.41) is 17.4. The molecule has 0 saturated carbocycles. The molecule has 1 saturated heterocycles. The fraction of sp³-hybridized carbons (Fsp3) is 0.250. The molecule has 2 N–H and O–H groups in total. The van der Waals surface area contributed by atoms with Crippen molar-refractivity contribution in [2.45, 2.75) is 6.54 Å². The highest BCUT2D eigenvalue weighted by atomic mass is 16.5. The molecule has 1 aliphatic rings. The van der Waals surface area contributed by atoms with E-state index < -0.39 is 0 Å². The molecule has 1 aliphatic heterocycles. The molecular formula is C20H19N7O2. The van der Waals surface area contributed by atoms with Crippen molar-refractivity contribution < 1.29 is 9.47 Å². The summed E-state index contributed by atoms with van der Waals surface area (Å²) in [4.78, 5) is 10.9. The third kappa shape index (κ3) is 4.29. The number of anilines is 1. The molecule has 29 heavy (non-hydrogen) atoms. The maximum Gasteiger partial charge on any atom is 0.240 e. The van der Waals surface area contributed by atoms with E-state index in [1.54, 1.807) is 36.8 Å². The summed E-state index contributed by atoms with van der Waals surface area (Å²) < 4.78 is 11.4. The van der Waals surface area contributed by atoms with Gasteiger partial charge in [-0.05, 0) is 18.2 Å². The molecule has 0 unspecified atom stereocenters. The van der Waals surface area contributed by atoms with E-state index in [4.69, 9.17) is 15.2 Å². The van der Waals surface area contributed by atoms with Crippen LogP contribution in [0.5, 0.6) is 11.6 Å². The minimum atomic E-state index is 0.323. The van der Waals surface area contributed by atoms with Crippen molar-refractivity contribution in [3.63, 3.8) is 0 Å². The summed E-state index contributed by atoms with van der Waals surface area (Å²) in [6.07, 6.45) is 5.03. The average Bonchev–Trinajstić information content (AvgIpc) is 2.80. The lowest BCUT2D eigenvalue weighted by atomic mass is 10.1. The van der Waals surface area contributed by atoms with E-state index in [2.05, 4.69) is 31.1 Å². The average molecular weight is 389 g/mol. The fourth-order valence-electron chi connectivity index (χ4n) is 2.95. The van der Waals surface area contributed by atoms with Gasteiger partial charge < -0.3 is 20.1 Å². The zero-order chi connectivity index (χ0) is 20.1. The summed E-state index contributed by atoms with van der Waals surface area (Å²) in [5.41, 5.74) is 8.45. The first-order chi connectivity index (χ1) is 14.3. The normalized spacial score (nSPS) is 13.7. The molecule has 0 atom stereocenters. The van der Waals surface area contributed by atoms with E-state index in [1.807, 2.05) is 6.07 Å². The van der Waals surface area contributed by atoms with Crippen LogP contribution in [0.25, 0.3) is 11.4 Å². The van der Waals surface area contributed by atoms with Crippen molar-refractivity contribution in [1.82, 2.24) is 20.2 Å². The van der Waals surface area contributed by atoms with Gasteiger partial charge in [0, 0.05) is 43.7 Å². The molecule has 9 heteroatoms. The Labute approximate surface area is 167 Å². The molecule has 146 valence electrons. The Bertz CT molecular complexity index is 1030. The van der Waals surface area contributed by atoms with Crippen molar-refractivity contribution in [3.05, 3.63) is 54.0 Å². The zero-order valence-electron chi connectivity index (χ0n) is 15.7. The van der Waals surface area contributed by atoms with Crippen LogP contribution in [0.2, 0.25) is 0 Å². The number of aromatic nitrogens is 4. The Morgan fingerprint density at radius 2 is 1.93 bits per heavy atom. The van der Waals surface area contributed by atoms with Crippen LogP contribution >= 0.6 is 0 Å². The van der Waals surface area contributed by atoms with Crippen LogP contribution in [-0.4, -0.2) is 46.5 Å². The van der Waals surface area contributed by atoms with Gasteiger partial charge in [-0.25, -0.2) is 9.97 Å². The fourth-order valence-corrected chi connectivity index (χ4v) is 2.95. The second kappa shape index (κ2) is 8.60. The third-order valence-electron chi connectivity index (χ3n) is 4.50. The summed E-state index contributed by atoms with van der Waals surface area (Å²) in [5.74, 6) is 1.22. The topological polar surface area (TPSA) is 123 Å². The number of morpholine rings is 1. The molecule has 9 nitrogen and oxygen atoms in total. The minimum absolute atomic E-state index is 0.323. The number of nitrogens with two attached hydrogens (primary N) is 1. The lowest BCUT2D eigenvalue weighted by Gasteiger charge is -2.28. The van der Waals surface area contributed by atoms with Crippen molar-refractivity contribution >= 4 is 5.69 Å². The molecule has 0 amide bonds. The molecule has 2 aromatic heterocycles. The summed E-state index contributed by atoms with van der Waals surface area (Å²) in [6, 6.07) is 9.02. The van der Waals surface area contributed by atoms with E-state index in [0.29, 0.717) is 48.3 Å². The second-order valence-corrected chi connectivity index (χ2v) is 6.40. The number of hydrogen-bond donors (Lipinski definition) is 1. The van der Waals surface area contributed by atoms with Crippen LogP contribution in [0, 0.1) is 11.3 Å². The number of hydrogen-bond acceptors (Lipinski definition) is 9. The number of nitrogens with zero attached hydrogens (tertiary/aromatic N) is 6. The highest BCUT2D eigenvalue weighted by Gasteiger charge is 2.15. The highest BCUT2D eigenvalue weighted by molar-refractivity contribution is 5.66. The molecule has 0 spiro atoms. The van der Waals surface area contributed by atoms with Gasteiger partial charge in [-0.2, -0.15) is 10.4 Å². The standard InChI is InChI=1S/C20H19N7O2/c21-9-14-1-2-17(20-23-11-15(10-22)12-24-20)18(7-14)29-19-8-16(13-25-26-19)27-3-5-28-6-4-27/h1-2,7-8,11-13H,3-6,10,22H2. The van der Waals surface area contributed by atoms with Crippen molar-refractivity contribution in [2.75, 3.05) is 31.2 Å². The maximum atomic E-state index is 9.28. The predicted molar refractivity (Wildman–Crippen MR) is 105 cm³/mol. The molecule has 1 aromatic carbocycles. The Balaban J connectivity index is 1.66. The van der Waals surface area contributed by atoms with Gasteiger partial charge >= 0.3 is 0 Å². The van der Waals surface area contributed by atoms with E-state index in [0.717, 1.165) is 24.3 Å². The van der Waals surface area contributed by atoms with Gasteiger partial charge in [0.15, 0.2) is 5.82 Å². The first kappa shape index (κ1) is 18.7. The van der Waals surface area contributed by atoms with Gasteiger partial charge in [-0.3, -0.25) is 0 Å². The molecule has 1 fully saturated rings. The van der Waals surface area contributed by atoms with Crippen LogP contribution in [0.3, 0.4) is 0 Å². The number of benzene rings is 1. The van der Waals surface area contributed by atoms with Gasteiger partial charge in [-0.1, -0.05) is 0 Å². The molecule has 4 rings (SSSR count). The first-order valence-electron chi connectivity index (χ1n) is 9.15. The van der Waals surface area contributed by atoms with Gasteiger partial charge in [0.2, 0.25) is 5.88 Å². The van der Waals surface area contributed by atoms with Crippen molar-refractivity contribution in [3.8, 4) is 29.1 Å². The lowest BCUT2D eigenvalue weighted by molar-refractivity contribution is 0.122. The minimum Gasteiger partial charge on any atom is -0.437 e. The summed E-state index contributed by atoms with van der Waals surface area (Å²) >= 11 is 0. The van der Waals surface area contributed by atoms with E-state index >= 15 is 0 Å². The van der Waals surface area contributed by atoms with E-state index in [-0.39, 0.29) is 0 Å². The van der Waals surface area contributed by atoms with Crippen LogP contribution in [0.4, 0.5) is 5.69 Å². The second-order valence-electron chi connectivity index (χ2n) is 6.40. The number of rotatable bonds is 5.